The molecule has 0 N–H and O–H groups in total. The van der Waals surface area contributed by atoms with Crippen molar-refractivity contribution in [1.29, 1.82) is 0 Å². The summed E-state index contributed by atoms with van der Waals surface area (Å²) >= 11 is 0. The number of fused-ring (bicyclic) bond motifs is 5. The standard InChI is InChI=1S/C36H37F2N7O5/c1-36(2,3)50-35(48)43-13-14-44-23(16-43)33(46)42(4)31-29(44)20-15-22(38)28(25-21(37)7-6-8-24(25)49-5)41-32(20)45(34(31)47)30-26(18-9-10-18)39-17-40-27(30)19-11-12-19/h6-8,15,17-19,23H,9-14,16H2,1-5H3/t23-/m1/s1. The first-order chi connectivity index (χ1) is 23.9. The maximum Gasteiger partial charge on any atom is 0.410 e. The Morgan fingerprint density at radius 2 is 1.62 bits per heavy atom. The molecule has 1 atom stereocenters. The van der Waals surface area contributed by atoms with Gasteiger partial charge < -0.3 is 24.2 Å². The third kappa shape index (κ3) is 5.14. The maximum atomic E-state index is 16.5. The molecule has 3 aromatic heterocycles. The Kier molecular flexibility index (Phi) is 7.35. The Hall–Kier alpha value is -5.14. The molecule has 3 fully saturated rings. The second kappa shape index (κ2) is 11.5. The van der Waals surface area contributed by atoms with E-state index in [0.717, 1.165) is 25.7 Å². The molecule has 4 aliphatic rings. The minimum absolute atomic E-state index is 0.00724. The average Bonchev–Trinajstić information content (AvgIpc) is 4.00. The van der Waals surface area contributed by atoms with Crippen LogP contribution in [0.2, 0.25) is 0 Å². The molecule has 12 nitrogen and oxygen atoms in total. The Bertz CT molecular complexity index is 2130. The molecular weight excluding hydrogens is 648 g/mol. The highest BCUT2D eigenvalue weighted by Crippen LogP contribution is 2.49. The summed E-state index contributed by atoms with van der Waals surface area (Å²) in [6.45, 7) is 5.64. The number of aromatic nitrogens is 4. The molecule has 4 aromatic rings. The number of likely N-dealkylation sites (N-methyl/N-ethyl adjacent to an activating group) is 1. The number of amides is 2. The van der Waals surface area contributed by atoms with E-state index in [4.69, 9.17) is 14.5 Å². The molecule has 1 saturated heterocycles. The van der Waals surface area contributed by atoms with Crippen LogP contribution in [-0.2, 0) is 9.53 Å². The van der Waals surface area contributed by atoms with Crippen LogP contribution in [0.1, 0.15) is 69.7 Å². The molecule has 2 saturated carbocycles. The lowest BCUT2D eigenvalue weighted by atomic mass is 10.0. The molecule has 50 heavy (non-hydrogen) atoms. The topological polar surface area (TPSA) is 123 Å². The van der Waals surface area contributed by atoms with Crippen LogP contribution in [-0.4, -0.2) is 81.9 Å². The van der Waals surface area contributed by atoms with Gasteiger partial charge in [0, 0.05) is 37.4 Å². The van der Waals surface area contributed by atoms with Crippen LogP contribution in [0.5, 0.6) is 5.75 Å². The summed E-state index contributed by atoms with van der Waals surface area (Å²) in [4.78, 5) is 60.8. The number of carbonyl (C=O) groups excluding carboxylic acids is 2. The summed E-state index contributed by atoms with van der Waals surface area (Å²) in [7, 11) is 2.87. The molecule has 14 heteroatoms. The highest BCUT2D eigenvalue weighted by atomic mass is 19.1. The molecule has 0 unspecified atom stereocenters. The van der Waals surface area contributed by atoms with Crippen LogP contribution in [0, 0.1) is 11.6 Å². The second-order valence-electron chi connectivity index (χ2n) is 14.4. The lowest BCUT2D eigenvalue weighted by Gasteiger charge is -2.47. The van der Waals surface area contributed by atoms with Crippen molar-refractivity contribution in [2.75, 3.05) is 43.6 Å². The summed E-state index contributed by atoms with van der Waals surface area (Å²) in [6.07, 6.45) is 4.49. The third-order valence-corrected chi connectivity index (χ3v) is 9.79. The van der Waals surface area contributed by atoms with Crippen molar-refractivity contribution in [2.24, 2.45) is 0 Å². The number of anilines is 2. The fourth-order valence-corrected chi connectivity index (χ4v) is 7.17. The van der Waals surface area contributed by atoms with E-state index >= 15 is 13.6 Å². The molecule has 5 heterocycles. The van der Waals surface area contributed by atoms with Crippen LogP contribution < -0.4 is 20.1 Å². The van der Waals surface area contributed by atoms with Gasteiger partial charge in [-0.05, 0) is 64.7 Å². The van der Waals surface area contributed by atoms with Gasteiger partial charge in [0.25, 0.3) is 11.5 Å². The van der Waals surface area contributed by atoms with Crippen molar-refractivity contribution in [3.63, 3.8) is 0 Å². The largest absolute Gasteiger partial charge is 0.496 e. The predicted molar refractivity (Wildman–Crippen MR) is 181 cm³/mol. The van der Waals surface area contributed by atoms with Gasteiger partial charge in [0.05, 0.1) is 42.0 Å². The number of benzene rings is 1. The van der Waals surface area contributed by atoms with Crippen molar-refractivity contribution in [1.82, 2.24) is 24.4 Å². The number of nitrogens with zero attached hydrogens (tertiary/aromatic N) is 7. The van der Waals surface area contributed by atoms with E-state index < -0.39 is 40.8 Å². The fourth-order valence-electron chi connectivity index (χ4n) is 7.17. The van der Waals surface area contributed by atoms with Crippen molar-refractivity contribution < 1.29 is 27.8 Å². The van der Waals surface area contributed by atoms with Gasteiger partial charge in [-0.2, -0.15) is 0 Å². The second-order valence-corrected chi connectivity index (χ2v) is 14.4. The number of hydrogen-bond acceptors (Lipinski definition) is 9. The van der Waals surface area contributed by atoms with Crippen molar-refractivity contribution in [3.05, 3.63) is 64.0 Å². The monoisotopic (exact) mass is 685 g/mol. The number of methoxy groups -OCH3 is 1. The zero-order chi connectivity index (χ0) is 35.2. The van der Waals surface area contributed by atoms with Gasteiger partial charge in [-0.15, -0.1) is 0 Å². The van der Waals surface area contributed by atoms with Gasteiger partial charge >= 0.3 is 6.09 Å². The molecular formula is C36H37F2N7O5. The Morgan fingerprint density at radius 1 is 0.940 bits per heavy atom. The first-order valence-electron chi connectivity index (χ1n) is 16.9. The first-order valence-corrected chi connectivity index (χ1v) is 16.9. The van der Waals surface area contributed by atoms with E-state index in [1.807, 2.05) is 0 Å². The van der Waals surface area contributed by atoms with E-state index in [-0.39, 0.29) is 65.2 Å². The molecule has 0 spiro atoms. The summed E-state index contributed by atoms with van der Waals surface area (Å²) in [6, 6.07) is 4.53. The summed E-state index contributed by atoms with van der Waals surface area (Å²) in [5.74, 6) is -1.72. The highest BCUT2D eigenvalue weighted by Gasteiger charge is 2.46. The van der Waals surface area contributed by atoms with Crippen LogP contribution in [0.3, 0.4) is 0 Å². The van der Waals surface area contributed by atoms with Crippen molar-refractivity contribution in [3.8, 4) is 22.7 Å². The van der Waals surface area contributed by atoms with Gasteiger partial charge in [-0.3, -0.25) is 14.2 Å². The molecule has 0 radical (unpaired) electrons. The SMILES string of the molecule is COc1cccc(F)c1-c1nc2c(cc1F)c1c(c(=O)n2-c2c(C3CC3)ncnc2C2CC2)N(C)C(=O)[C@H]2CN(C(=O)OC(C)(C)C)CCN12. The van der Waals surface area contributed by atoms with Crippen molar-refractivity contribution in [2.45, 2.75) is 69.9 Å². The summed E-state index contributed by atoms with van der Waals surface area (Å²) in [5.41, 5.74) is 0.495. The maximum absolute atomic E-state index is 16.5. The number of hydrogen-bond donors (Lipinski definition) is 0. The van der Waals surface area contributed by atoms with E-state index in [2.05, 4.69) is 9.97 Å². The van der Waals surface area contributed by atoms with E-state index in [1.54, 1.807) is 25.7 Å². The number of rotatable bonds is 5. The minimum atomic E-state index is -0.884. The first kappa shape index (κ1) is 32.1. The molecule has 1 aromatic carbocycles. The zero-order valence-electron chi connectivity index (χ0n) is 28.5. The Labute approximate surface area is 286 Å². The van der Waals surface area contributed by atoms with Crippen LogP contribution >= 0.6 is 0 Å². The van der Waals surface area contributed by atoms with Crippen LogP contribution in [0.15, 0.2) is 35.4 Å². The van der Waals surface area contributed by atoms with Gasteiger partial charge in [0.15, 0.2) is 11.5 Å². The number of halogens is 2. The molecule has 2 amide bonds. The quantitative estimate of drug-likeness (QED) is 0.276. The number of carbonyl (C=O) groups is 2. The zero-order valence-corrected chi connectivity index (χ0v) is 28.5. The molecule has 260 valence electrons. The average molecular weight is 686 g/mol. The number of ether oxygens (including phenoxy) is 2. The van der Waals surface area contributed by atoms with Gasteiger partial charge in [0.2, 0.25) is 0 Å². The molecule has 2 aliphatic carbocycles. The van der Waals surface area contributed by atoms with E-state index in [9.17, 15) is 9.59 Å². The lowest BCUT2D eigenvalue weighted by molar-refractivity contribution is -0.120. The fraction of sp³-hybridized carbons (Fsp3) is 0.444. The minimum Gasteiger partial charge on any atom is -0.496 e. The van der Waals surface area contributed by atoms with Gasteiger partial charge in [-0.1, -0.05) is 6.07 Å². The molecule has 8 rings (SSSR count). The lowest BCUT2D eigenvalue weighted by Crippen LogP contribution is -2.64. The summed E-state index contributed by atoms with van der Waals surface area (Å²) in [5, 5.41) is 0.249. The molecule has 0 bridgehead atoms. The van der Waals surface area contributed by atoms with Gasteiger partial charge in [0.1, 0.15) is 40.9 Å². The smallest absolute Gasteiger partial charge is 0.410 e. The number of pyridine rings is 2. The predicted octanol–water partition coefficient (Wildman–Crippen LogP) is 5.29. The highest BCUT2D eigenvalue weighted by molar-refractivity contribution is 6.11. The summed E-state index contributed by atoms with van der Waals surface area (Å²) < 4.78 is 44.4. The molecule has 2 aliphatic heterocycles. The third-order valence-electron chi connectivity index (χ3n) is 9.79. The van der Waals surface area contributed by atoms with E-state index in [0.29, 0.717) is 22.8 Å². The normalized spacial score (nSPS) is 19.1. The van der Waals surface area contributed by atoms with Crippen LogP contribution in [0.25, 0.3) is 28.0 Å². The Morgan fingerprint density at radius 3 is 2.24 bits per heavy atom. The van der Waals surface area contributed by atoms with Crippen molar-refractivity contribution >= 4 is 34.4 Å². The Balaban J connectivity index is 1.41. The number of piperazine rings is 1. The van der Waals surface area contributed by atoms with Gasteiger partial charge in [-0.25, -0.2) is 28.5 Å². The van der Waals surface area contributed by atoms with Crippen LogP contribution in [0.4, 0.5) is 25.0 Å². The van der Waals surface area contributed by atoms with E-state index in [1.165, 1.54) is 59.1 Å².